The first-order valence-electron chi connectivity index (χ1n) is 12.8. The SMILES string of the molecule is CCCCC(CC)Cn1cc(CO[C@@H]2O[C@H](COC(C)=O)[C@@H](OC(C)=O)[C@H](OC(C)=O)[C@H]2OC(C)=O)nn1. The summed E-state index contributed by atoms with van der Waals surface area (Å²) in [4.78, 5) is 47.1. The third-order valence-electron chi connectivity index (χ3n) is 5.92. The number of hydrogen-bond acceptors (Lipinski definition) is 12. The van der Waals surface area contributed by atoms with Crippen molar-refractivity contribution in [2.75, 3.05) is 6.61 Å². The van der Waals surface area contributed by atoms with Gasteiger partial charge in [-0.3, -0.25) is 23.9 Å². The van der Waals surface area contributed by atoms with Gasteiger partial charge < -0.3 is 28.4 Å². The van der Waals surface area contributed by atoms with Gasteiger partial charge in [0.2, 0.25) is 0 Å². The van der Waals surface area contributed by atoms with E-state index in [-0.39, 0.29) is 13.2 Å². The minimum atomic E-state index is -1.29. The number of rotatable bonds is 14. The molecular weight excluding hydrogens is 502 g/mol. The van der Waals surface area contributed by atoms with Crippen molar-refractivity contribution in [3.8, 4) is 0 Å². The Bertz CT molecular complexity index is 936. The lowest BCUT2D eigenvalue weighted by molar-refractivity contribution is -0.310. The van der Waals surface area contributed by atoms with E-state index in [1.807, 2.05) is 0 Å². The molecule has 1 unspecified atom stereocenters. The van der Waals surface area contributed by atoms with Gasteiger partial charge in [-0.25, -0.2) is 0 Å². The number of hydrogen-bond donors (Lipinski definition) is 0. The Labute approximate surface area is 222 Å². The highest BCUT2D eigenvalue weighted by molar-refractivity contribution is 5.68. The number of aromatic nitrogens is 3. The second-order valence-corrected chi connectivity index (χ2v) is 9.23. The summed E-state index contributed by atoms with van der Waals surface area (Å²) in [5.74, 6) is -2.24. The molecule has 0 aliphatic carbocycles. The summed E-state index contributed by atoms with van der Waals surface area (Å²) in [6.45, 7) is 9.32. The van der Waals surface area contributed by atoms with E-state index in [4.69, 9.17) is 28.4 Å². The van der Waals surface area contributed by atoms with Gasteiger partial charge in [-0.05, 0) is 12.3 Å². The summed E-state index contributed by atoms with van der Waals surface area (Å²) in [5.41, 5.74) is 0.503. The monoisotopic (exact) mass is 541 g/mol. The van der Waals surface area contributed by atoms with Crippen LogP contribution < -0.4 is 0 Å². The predicted octanol–water partition coefficient (Wildman–Crippen LogP) is 2.09. The Hall–Kier alpha value is -3.06. The maximum Gasteiger partial charge on any atom is 0.303 e. The van der Waals surface area contributed by atoms with Crippen molar-refractivity contribution in [3.63, 3.8) is 0 Å². The van der Waals surface area contributed by atoms with Gasteiger partial charge in [0.15, 0.2) is 24.6 Å². The van der Waals surface area contributed by atoms with E-state index in [1.54, 1.807) is 10.9 Å². The van der Waals surface area contributed by atoms with Crippen molar-refractivity contribution < 1.29 is 47.6 Å². The number of unbranched alkanes of at least 4 members (excludes halogenated alkanes) is 1. The van der Waals surface area contributed by atoms with E-state index in [1.165, 1.54) is 13.8 Å². The van der Waals surface area contributed by atoms with Crippen molar-refractivity contribution in [3.05, 3.63) is 11.9 Å². The lowest BCUT2D eigenvalue weighted by Gasteiger charge is -2.43. The molecule has 1 fully saturated rings. The fraction of sp³-hybridized carbons (Fsp3) is 0.760. The average molecular weight is 542 g/mol. The summed E-state index contributed by atoms with van der Waals surface area (Å²) in [7, 11) is 0. The van der Waals surface area contributed by atoms with E-state index >= 15 is 0 Å². The Morgan fingerprint density at radius 3 is 2.16 bits per heavy atom. The van der Waals surface area contributed by atoms with Crippen molar-refractivity contribution >= 4 is 23.9 Å². The molecule has 0 aromatic carbocycles. The molecule has 13 nitrogen and oxygen atoms in total. The second-order valence-electron chi connectivity index (χ2n) is 9.23. The van der Waals surface area contributed by atoms with Crippen molar-refractivity contribution in [2.45, 2.75) is 111 Å². The molecule has 1 aromatic heterocycles. The Morgan fingerprint density at radius 1 is 0.947 bits per heavy atom. The fourth-order valence-corrected chi connectivity index (χ4v) is 4.17. The highest BCUT2D eigenvalue weighted by Crippen LogP contribution is 2.30. The molecule has 0 amide bonds. The van der Waals surface area contributed by atoms with Gasteiger partial charge in [-0.15, -0.1) is 5.10 Å². The minimum Gasteiger partial charge on any atom is -0.463 e. The van der Waals surface area contributed by atoms with E-state index in [0.29, 0.717) is 11.6 Å². The highest BCUT2D eigenvalue weighted by atomic mass is 16.7. The molecule has 0 saturated carbocycles. The maximum atomic E-state index is 11.9. The summed E-state index contributed by atoms with van der Waals surface area (Å²) < 4.78 is 34.8. The molecule has 1 aliphatic rings. The zero-order valence-electron chi connectivity index (χ0n) is 22.9. The van der Waals surface area contributed by atoms with Crippen LogP contribution in [-0.4, -0.2) is 76.2 Å². The van der Waals surface area contributed by atoms with Crippen LogP contribution in [0.1, 0.15) is 72.9 Å². The van der Waals surface area contributed by atoms with Gasteiger partial charge in [-0.1, -0.05) is 38.3 Å². The average Bonchev–Trinajstić information content (AvgIpc) is 3.28. The molecule has 214 valence electrons. The van der Waals surface area contributed by atoms with Gasteiger partial charge >= 0.3 is 23.9 Å². The smallest absolute Gasteiger partial charge is 0.303 e. The first kappa shape index (κ1) is 31.2. The Kier molecular flexibility index (Phi) is 12.6. The molecule has 1 saturated heterocycles. The number of carbonyl (C=O) groups excluding carboxylic acids is 4. The molecule has 1 aliphatic heterocycles. The molecule has 38 heavy (non-hydrogen) atoms. The molecule has 0 bridgehead atoms. The molecule has 0 N–H and O–H groups in total. The van der Waals surface area contributed by atoms with E-state index < -0.39 is 54.6 Å². The third kappa shape index (κ3) is 10.0. The van der Waals surface area contributed by atoms with Crippen LogP contribution in [0.5, 0.6) is 0 Å². The first-order chi connectivity index (χ1) is 18.0. The normalized spacial score (nSPS) is 23.8. The van der Waals surface area contributed by atoms with Gasteiger partial charge in [0.1, 0.15) is 18.4 Å². The molecule has 2 heterocycles. The van der Waals surface area contributed by atoms with Crippen LogP contribution in [0.3, 0.4) is 0 Å². The Balaban J connectivity index is 2.24. The summed E-state index contributed by atoms with van der Waals surface area (Å²) in [5, 5.41) is 8.34. The number of ether oxygens (including phenoxy) is 6. The molecule has 1 aromatic rings. The number of esters is 4. The van der Waals surface area contributed by atoms with Crippen LogP contribution in [0.25, 0.3) is 0 Å². The van der Waals surface area contributed by atoms with E-state index in [2.05, 4.69) is 24.2 Å². The number of nitrogens with zero attached hydrogens (tertiary/aromatic N) is 3. The number of carbonyl (C=O) groups is 4. The second kappa shape index (κ2) is 15.4. The molecule has 13 heteroatoms. The lowest BCUT2D eigenvalue weighted by Crippen LogP contribution is -2.62. The van der Waals surface area contributed by atoms with Crippen molar-refractivity contribution in [1.29, 1.82) is 0 Å². The molecule has 2 rings (SSSR count). The maximum absolute atomic E-state index is 11.9. The summed E-state index contributed by atoms with van der Waals surface area (Å²) >= 11 is 0. The van der Waals surface area contributed by atoms with E-state index in [0.717, 1.165) is 46.1 Å². The molecule has 0 radical (unpaired) electrons. The zero-order valence-corrected chi connectivity index (χ0v) is 22.9. The highest BCUT2D eigenvalue weighted by Gasteiger charge is 2.52. The van der Waals surface area contributed by atoms with Crippen LogP contribution in [0.15, 0.2) is 6.20 Å². The lowest BCUT2D eigenvalue weighted by atomic mass is 9.98. The van der Waals surface area contributed by atoms with Crippen LogP contribution in [0.4, 0.5) is 0 Å². The van der Waals surface area contributed by atoms with Crippen LogP contribution in [0.2, 0.25) is 0 Å². The van der Waals surface area contributed by atoms with Gasteiger partial charge in [0.25, 0.3) is 0 Å². The zero-order chi connectivity index (χ0) is 28.2. The minimum absolute atomic E-state index is 0.0699. The molecular formula is C25H39N3O10. The quantitative estimate of drug-likeness (QED) is 0.250. The van der Waals surface area contributed by atoms with Crippen LogP contribution >= 0.6 is 0 Å². The van der Waals surface area contributed by atoms with Gasteiger partial charge in [0.05, 0.1) is 12.8 Å². The Morgan fingerprint density at radius 2 is 1.58 bits per heavy atom. The van der Waals surface area contributed by atoms with Crippen LogP contribution in [0, 0.1) is 5.92 Å². The van der Waals surface area contributed by atoms with Gasteiger partial charge in [-0.2, -0.15) is 0 Å². The molecule has 6 atom stereocenters. The largest absolute Gasteiger partial charge is 0.463 e. The van der Waals surface area contributed by atoms with Gasteiger partial charge in [0, 0.05) is 34.2 Å². The summed E-state index contributed by atoms with van der Waals surface area (Å²) in [6.07, 6.45) is -0.0106. The van der Waals surface area contributed by atoms with Crippen molar-refractivity contribution in [2.24, 2.45) is 5.92 Å². The first-order valence-corrected chi connectivity index (χ1v) is 12.8. The van der Waals surface area contributed by atoms with Crippen molar-refractivity contribution in [1.82, 2.24) is 15.0 Å². The summed E-state index contributed by atoms with van der Waals surface area (Å²) in [6, 6.07) is 0. The van der Waals surface area contributed by atoms with E-state index in [9.17, 15) is 19.2 Å². The predicted molar refractivity (Wildman–Crippen MR) is 130 cm³/mol. The fourth-order valence-electron chi connectivity index (χ4n) is 4.17. The van der Waals surface area contributed by atoms with Crippen LogP contribution in [-0.2, 0) is 60.8 Å². The standard InChI is InChI=1S/C25H39N3O10/c1-7-9-10-19(8-2)11-28-12-20(26-27-28)13-34-25-24(37-18(6)32)23(36-17(5)31)22(35-16(4)30)21(38-25)14-33-15(3)29/h12,19,21-25H,7-11,13-14H2,1-6H3/t19?,21-,22-,23+,24-,25-/m1/s1. The molecule has 0 spiro atoms. The third-order valence-corrected chi connectivity index (χ3v) is 5.92. The topological polar surface area (TPSA) is 154 Å².